The summed E-state index contributed by atoms with van der Waals surface area (Å²) in [6, 6.07) is 0. The van der Waals surface area contributed by atoms with Crippen molar-refractivity contribution in [3.63, 3.8) is 0 Å². The van der Waals surface area contributed by atoms with E-state index in [9.17, 15) is 43.2 Å². The number of aliphatic hydroxyl groups is 1. The van der Waals surface area contributed by atoms with Crippen LogP contribution in [0, 0.1) is 0 Å². The molecule has 2 unspecified atom stereocenters. The number of hydrogen-bond acceptors (Lipinski definition) is 15. The van der Waals surface area contributed by atoms with E-state index in [1.807, 2.05) is 0 Å². The van der Waals surface area contributed by atoms with Crippen molar-refractivity contribution in [1.29, 1.82) is 0 Å². The van der Waals surface area contributed by atoms with Gasteiger partial charge >= 0.3 is 39.5 Å². The van der Waals surface area contributed by atoms with Crippen molar-refractivity contribution in [2.24, 2.45) is 0 Å². The van der Waals surface area contributed by atoms with Gasteiger partial charge in [0.05, 0.1) is 26.4 Å². The molecule has 17 nitrogen and oxygen atoms in total. The molecule has 0 rings (SSSR count). The van der Waals surface area contributed by atoms with Gasteiger partial charge in [-0.3, -0.25) is 37.3 Å². The summed E-state index contributed by atoms with van der Waals surface area (Å²) in [5.74, 6) is -2.17. The predicted octanol–water partition coefficient (Wildman–Crippen LogP) is 22.1. The van der Waals surface area contributed by atoms with Crippen LogP contribution in [0.3, 0.4) is 0 Å². The van der Waals surface area contributed by atoms with E-state index in [0.717, 1.165) is 148 Å². The molecule has 0 radical (unpaired) electrons. The monoisotopic (exact) mass is 1400 g/mol. The lowest BCUT2D eigenvalue weighted by atomic mass is 10.0. The van der Waals surface area contributed by atoms with E-state index in [1.54, 1.807) is 0 Å². The van der Waals surface area contributed by atoms with Crippen molar-refractivity contribution in [3.05, 3.63) is 48.6 Å². The SMILES string of the molecule is CCCCC/C=C\C/C=C\CCCCCCCC(=O)OC[C@H](COP(=O)(O)OC[C@H](O)COP(=O)(O)OC[C@@H](COC(=O)CCCCCCC/C=C\CCCCCCCC)OC(=O)CCCCCCC/C=C\CCCCCC)OC(=O)CCCCCCCCCCCCCCC. The molecule has 0 heterocycles. The second-order valence-corrected chi connectivity index (χ2v) is 29.2. The standard InChI is InChI=1S/C77H142O17P2/c1-5-9-13-17-21-25-29-33-35-39-41-45-49-53-57-61-74(79)87-67-72(93-76(81)63-59-55-51-47-43-37-31-27-23-19-15-11-7-3)69-91-95(83,84)89-65-71(78)66-90-96(85,86)92-70-73(94-77(82)64-60-56-52-48-44-38-32-28-24-20-16-12-8-4)68-88-75(80)62-58-54-50-46-42-40-36-34-30-26-22-18-14-10-6-2/h21,25,28,32-36,71-73,78H,5-20,22-24,26-27,29-31,37-70H2,1-4H3,(H,83,84)(H,85,86)/b25-21-,32-28-,35-33-,36-34-/t71-,72+,73+/m0/s1. The van der Waals surface area contributed by atoms with Crippen LogP contribution in [0.4, 0.5) is 0 Å². The summed E-state index contributed by atoms with van der Waals surface area (Å²) in [6.45, 7) is 4.86. The first-order chi connectivity index (χ1) is 46.7. The zero-order valence-electron chi connectivity index (χ0n) is 61.3. The molecule has 0 amide bonds. The number of rotatable bonds is 74. The number of ether oxygens (including phenoxy) is 4. The largest absolute Gasteiger partial charge is 0.472 e. The van der Waals surface area contributed by atoms with Crippen molar-refractivity contribution >= 4 is 39.5 Å². The number of hydrogen-bond donors (Lipinski definition) is 3. The Morgan fingerprint density at radius 3 is 0.812 bits per heavy atom. The van der Waals surface area contributed by atoms with E-state index in [1.165, 1.54) is 135 Å². The molecule has 0 aliphatic rings. The summed E-state index contributed by atoms with van der Waals surface area (Å²) in [7, 11) is -9.93. The molecule has 0 saturated carbocycles. The number of aliphatic hydroxyl groups excluding tert-OH is 1. The molecule has 0 fully saturated rings. The number of phosphoric ester groups is 2. The summed E-state index contributed by atoms with van der Waals surface area (Å²) < 4.78 is 68.5. The molecule has 0 aliphatic carbocycles. The maximum Gasteiger partial charge on any atom is 0.472 e. The number of esters is 4. The Kier molecular flexibility index (Phi) is 68.3. The Morgan fingerprint density at radius 1 is 0.292 bits per heavy atom. The molecule has 0 bridgehead atoms. The van der Waals surface area contributed by atoms with Crippen LogP contribution >= 0.6 is 15.6 Å². The van der Waals surface area contributed by atoms with Crippen molar-refractivity contribution in [2.75, 3.05) is 39.6 Å². The fourth-order valence-electron chi connectivity index (χ4n) is 10.8. The first-order valence-corrected chi connectivity index (χ1v) is 41.9. The molecule has 96 heavy (non-hydrogen) atoms. The third-order valence-corrected chi connectivity index (χ3v) is 18.7. The van der Waals surface area contributed by atoms with E-state index < -0.39 is 97.5 Å². The first-order valence-electron chi connectivity index (χ1n) is 38.9. The number of carbonyl (C=O) groups excluding carboxylic acids is 4. The number of allylic oxidation sites excluding steroid dienone is 8. The zero-order valence-corrected chi connectivity index (χ0v) is 63.1. The van der Waals surface area contributed by atoms with Gasteiger partial charge in [0.15, 0.2) is 12.2 Å². The van der Waals surface area contributed by atoms with Gasteiger partial charge in [-0.1, -0.05) is 275 Å². The second kappa shape index (κ2) is 70.5. The van der Waals surface area contributed by atoms with Gasteiger partial charge in [0, 0.05) is 25.7 Å². The Bertz CT molecular complexity index is 2010. The average Bonchev–Trinajstić information content (AvgIpc) is 1.14. The molecule has 0 aromatic heterocycles. The summed E-state index contributed by atoms with van der Waals surface area (Å²) in [5, 5.41) is 10.6. The highest BCUT2D eigenvalue weighted by atomic mass is 31.2. The fraction of sp³-hybridized carbons (Fsp3) is 0.844. The normalized spacial score (nSPS) is 14.2. The Labute approximate surface area is 585 Å². The van der Waals surface area contributed by atoms with E-state index in [0.29, 0.717) is 25.7 Å². The zero-order chi connectivity index (χ0) is 70.4. The third-order valence-electron chi connectivity index (χ3n) is 16.8. The highest BCUT2D eigenvalue weighted by Gasteiger charge is 2.30. The minimum atomic E-state index is -4.97. The summed E-state index contributed by atoms with van der Waals surface area (Å²) >= 11 is 0. The van der Waals surface area contributed by atoms with Crippen LogP contribution in [-0.4, -0.2) is 96.7 Å². The van der Waals surface area contributed by atoms with E-state index in [2.05, 4.69) is 76.3 Å². The summed E-state index contributed by atoms with van der Waals surface area (Å²) in [4.78, 5) is 72.8. The van der Waals surface area contributed by atoms with Crippen LogP contribution in [0.15, 0.2) is 48.6 Å². The van der Waals surface area contributed by atoms with Crippen LogP contribution in [0.2, 0.25) is 0 Å². The molecule has 0 saturated heterocycles. The first kappa shape index (κ1) is 93.0. The van der Waals surface area contributed by atoms with Crippen molar-refractivity contribution in [2.45, 2.75) is 380 Å². The van der Waals surface area contributed by atoms with Gasteiger partial charge in [0.2, 0.25) is 0 Å². The van der Waals surface area contributed by atoms with Crippen molar-refractivity contribution in [3.8, 4) is 0 Å². The van der Waals surface area contributed by atoms with Crippen LogP contribution in [-0.2, 0) is 65.4 Å². The topological polar surface area (TPSA) is 237 Å². The van der Waals surface area contributed by atoms with Gasteiger partial charge in [-0.15, -0.1) is 0 Å². The van der Waals surface area contributed by atoms with E-state index >= 15 is 0 Å². The molecule has 3 N–H and O–H groups in total. The van der Waals surface area contributed by atoms with Crippen molar-refractivity contribution < 1.29 is 80.2 Å². The van der Waals surface area contributed by atoms with E-state index in [4.69, 9.17) is 37.0 Å². The van der Waals surface area contributed by atoms with Gasteiger partial charge in [0.25, 0.3) is 0 Å². The highest BCUT2D eigenvalue weighted by Crippen LogP contribution is 2.45. The van der Waals surface area contributed by atoms with Gasteiger partial charge in [-0.05, 0) is 109 Å². The van der Waals surface area contributed by atoms with Gasteiger partial charge in [-0.25, -0.2) is 9.13 Å². The molecule has 0 aliphatic heterocycles. The van der Waals surface area contributed by atoms with Gasteiger partial charge < -0.3 is 33.8 Å². The second-order valence-electron chi connectivity index (χ2n) is 26.3. The van der Waals surface area contributed by atoms with E-state index in [-0.39, 0.29) is 25.7 Å². The fourth-order valence-corrected chi connectivity index (χ4v) is 12.3. The highest BCUT2D eigenvalue weighted by molar-refractivity contribution is 7.47. The minimum absolute atomic E-state index is 0.0882. The maximum absolute atomic E-state index is 13.1. The molecule has 19 heteroatoms. The third kappa shape index (κ3) is 69.5. The Balaban J connectivity index is 5.32. The maximum atomic E-state index is 13.1. The smallest absolute Gasteiger partial charge is 0.462 e. The number of phosphoric acid groups is 2. The lowest BCUT2D eigenvalue weighted by molar-refractivity contribution is -0.161. The van der Waals surface area contributed by atoms with Crippen LogP contribution in [0.25, 0.3) is 0 Å². The quantitative estimate of drug-likeness (QED) is 0.0169. The molecular formula is C77H142O17P2. The lowest BCUT2D eigenvalue weighted by Crippen LogP contribution is -2.30. The molecule has 0 aromatic carbocycles. The predicted molar refractivity (Wildman–Crippen MR) is 390 cm³/mol. The lowest BCUT2D eigenvalue weighted by Gasteiger charge is -2.21. The average molecular weight is 1400 g/mol. The summed E-state index contributed by atoms with van der Waals surface area (Å²) in [5.41, 5.74) is 0. The van der Waals surface area contributed by atoms with Crippen LogP contribution in [0.1, 0.15) is 362 Å². The minimum Gasteiger partial charge on any atom is -0.462 e. The Morgan fingerprint density at radius 2 is 0.510 bits per heavy atom. The number of carbonyl (C=O) groups is 4. The molecule has 562 valence electrons. The molecule has 0 spiro atoms. The number of unbranched alkanes of at least 4 members (excludes halogenated alkanes) is 40. The van der Waals surface area contributed by atoms with Crippen LogP contribution in [0.5, 0.6) is 0 Å². The van der Waals surface area contributed by atoms with Crippen LogP contribution < -0.4 is 0 Å². The molecule has 0 aromatic rings. The Hall–Kier alpha value is -2.98. The van der Waals surface area contributed by atoms with Gasteiger partial charge in [0.1, 0.15) is 19.3 Å². The molecule has 5 atom stereocenters. The van der Waals surface area contributed by atoms with Crippen molar-refractivity contribution in [1.82, 2.24) is 0 Å². The summed E-state index contributed by atoms with van der Waals surface area (Å²) in [6.07, 6.45) is 66.6. The van der Waals surface area contributed by atoms with Gasteiger partial charge in [-0.2, -0.15) is 0 Å². The molecular weight excluding hydrogens is 1260 g/mol.